The summed E-state index contributed by atoms with van der Waals surface area (Å²) in [7, 11) is 3.55. The van der Waals surface area contributed by atoms with Gasteiger partial charge in [-0.25, -0.2) is 10.0 Å². The van der Waals surface area contributed by atoms with Crippen LogP contribution in [-0.2, 0) is 16.0 Å². The molecule has 7 nitrogen and oxygen atoms in total. The first-order valence-corrected chi connectivity index (χ1v) is 12.6. The number of nitrogens with zero attached hydrogens (tertiary/aromatic N) is 2. The highest BCUT2D eigenvalue weighted by Crippen LogP contribution is 2.42. The second kappa shape index (κ2) is 11.7. The van der Waals surface area contributed by atoms with Crippen molar-refractivity contribution in [3.63, 3.8) is 0 Å². The number of aliphatic hydroxyl groups excluding tert-OH is 1. The number of aliphatic imine (C=N–C) groups is 1. The fourth-order valence-electron chi connectivity index (χ4n) is 4.13. The van der Waals surface area contributed by atoms with Crippen LogP contribution in [0.25, 0.3) is 0 Å². The zero-order valence-corrected chi connectivity index (χ0v) is 21.9. The molecule has 1 aliphatic heterocycles. The quantitative estimate of drug-likeness (QED) is 0.290. The molecule has 0 unspecified atom stereocenters. The minimum absolute atomic E-state index is 0.0820. The summed E-state index contributed by atoms with van der Waals surface area (Å²) in [5.41, 5.74) is 4.28. The Hall–Kier alpha value is -3.20. The largest absolute Gasteiger partial charge is 0.494 e. The number of hydrazine groups is 1. The van der Waals surface area contributed by atoms with Crippen LogP contribution in [0.3, 0.4) is 0 Å². The molecule has 0 spiro atoms. The molecule has 0 radical (unpaired) electrons. The summed E-state index contributed by atoms with van der Waals surface area (Å²) in [6, 6.07) is 25.0. The summed E-state index contributed by atoms with van der Waals surface area (Å²) in [5, 5.41) is 10.6. The van der Waals surface area contributed by atoms with Crippen molar-refractivity contribution in [2.45, 2.75) is 24.5 Å². The summed E-state index contributed by atoms with van der Waals surface area (Å²) < 4.78 is 13.1. The van der Waals surface area contributed by atoms with Crippen LogP contribution in [0.4, 0.5) is 0 Å². The van der Waals surface area contributed by atoms with E-state index in [1.807, 2.05) is 78.9 Å². The Morgan fingerprint density at radius 3 is 2.42 bits per heavy atom. The predicted molar refractivity (Wildman–Crippen MR) is 143 cm³/mol. The van der Waals surface area contributed by atoms with E-state index in [9.17, 15) is 4.79 Å². The second-order valence-corrected chi connectivity index (χ2v) is 9.75. The first kappa shape index (κ1) is 25.9. The fraction of sp³-hybridized carbons (Fsp3) is 0.286. The van der Waals surface area contributed by atoms with E-state index in [4.69, 9.17) is 19.6 Å². The average molecular weight is 552 g/mol. The van der Waals surface area contributed by atoms with Gasteiger partial charge in [-0.1, -0.05) is 58.4 Å². The van der Waals surface area contributed by atoms with Crippen LogP contribution in [0.5, 0.6) is 5.75 Å². The highest BCUT2D eigenvalue weighted by molar-refractivity contribution is 9.10. The second-order valence-electron chi connectivity index (χ2n) is 8.84. The van der Waals surface area contributed by atoms with E-state index in [0.29, 0.717) is 31.1 Å². The van der Waals surface area contributed by atoms with Gasteiger partial charge in [-0.15, -0.1) is 0 Å². The number of hydrogen-bond donors (Lipinski definition) is 2. The number of amides is 1. The molecule has 1 heterocycles. The van der Waals surface area contributed by atoms with Crippen LogP contribution < -0.4 is 10.2 Å². The zero-order chi connectivity index (χ0) is 25.5. The molecule has 0 bridgehead atoms. The summed E-state index contributed by atoms with van der Waals surface area (Å²) >= 11 is 3.49. The summed E-state index contributed by atoms with van der Waals surface area (Å²) in [6.45, 7) is 0.516. The van der Waals surface area contributed by atoms with E-state index >= 15 is 0 Å². The number of benzene rings is 3. The first-order valence-electron chi connectivity index (χ1n) is 11.8. The molecule has 3 aromatic rings. The molecule has 8 heteroatoms. The number of carbonyl (C=O) groups excluding carboxylic acids is 1. The number of aliphatic hydroxyl groups is 1. The molecule has 3 aromatic carbocycles. The van der Waals surface area contributed by atoms with Crippen LogP contribution >= 0.6 is 15.9 Å². The minimum Gasteiger partial charge on any atom is -0.494 e. The third-order valence-corrected chi connectivity index (χ3v) is 6.37. The lowest BCUT2D eigenvalue weighted by Crippen LogP contribution is -2.53. The van der Waals surface area contributed by atoms with Crippen molar-refractivity contribution in [2.75, 3.05) is 27.3 Å². The van der Waals surface area contributed by atoms with Gasteiger partial charge in [-0.2, -0.15) is 0 Å². The van der Waals surface area contributed by atoms with Gasteiger partial charge in [0.1, 0.15) is 5.75 Å². The lowest BCUT2D eigenvalue weighted by Gasteiger charge is -2.32. The molecular formula is C28H30BrN3O4. The molecule has 0 saturated heterocycles. The van der Waals surface area contributed by atoms with Gasteiger partial charge >= 0.3 is 0 Å². The molecule has 36 heavy (non-hydrogen) atoms. The normalized spacial score (nSPS) is 19.0. The summed E-state index contributed by atoms with van der Waals surface area (Å²) in [4.78, 5) is 18.8. The van der Waals surface area contributed by atoms with Gasteiger partial charge in [0.05, 0.1) is 6.61 Å². The number of nitrogens with one attached hydrogen (secondary N) is 1. The van der Waals surface area contributed by atoms with Crippen molar-refractivity contribution in [1.82, 2.24) is 10.4 Å². The van der Waals surface area contributed by atoms with E-state index in [2.05, 4.69) is 21.4 Å². The molecule has 2 atom stereocenters. The molecule has 1 amide bonds. The van der Waals surface area contributed by atoms with Crippen LogP contribution in [0.2, 0.25) is 0 Å². The van der Waals surface area contributed by atoms with Gasteiger partial charge < -0.3 is 14.6 Å². The molecule has 0 aromatic heterocycles. The number of hydrogen-bond acceptors (Lipinski definition) is 6. The van der Waals surface area contributed by atoms with Crippen molar-refractivity contribution in [3.8, 4) is 5.75 Å². The van der Waals surface area contributed by atoms with E-state index in [1.165, 1.54) is 0 Å². The topological polar surface area (TPSA) is 83.4 Å². The van der Waals surface area contributed by atoms with Crippen LogP contribution in [-0.4, -0.2) is 54.8 Å². The Bertz CT molecular complexity index is 1180. The van der Waals surface area contributed by atoms with Gasteiger partial charge in [0.25, 0.3) is 5.91 Å². The van der Waals surface area contributed by atoms with E-state index in [1.54, 1.807) is 19.1 Å². The van der Waals surface area contributed by atoms with E-state index in [-0.39, 0.29) is 12.5 Å². The van der Waals surface area contributed by atoms with E-state index < -0.39 is 11.6 Å². The Balaban J connectivity index is 1.76. The molecule has 2 N–H and O–H groups in total. The predicted octanol–water partition coefficient (Wildman–Crippen LogP) is 4.30. The maximum absolute atomic E-state index is 13.8. The molecular weight excluding hydrogens is 522 g/mol. The van der Waals surface area contributed by atoms with Gasteiger partial charge in [0.2, 0.25) is 5.90 Å². The Morgan fingerprint density at radius 1 is 1.08 bits per heavy atom. The number of halogens is 1. The maximum Gasteiger partial charge on any atom is 0.266 e. The third kappa shape index (κ3) is 5.95. The average Bonchev–Trinajstić information content (AvgIpc) is 3.26. The monoisotopic (exact) mass is 551 g/mol. The summed E-state index contributed by atoms with van der Waals surface area (Å²) in [5.74, 6) is 0.842. The van der Waals surface area contributed by atoms with Gasteiger partial charge in [-0.05, 0) is 47.5 Å². The van der Waals surface area contributed by atoms with Crippen LogP contribution in [0.15, 0.2) is 88.3 Å². The molecule has 0 saturated carbocycles. The number of rotatable bonds is 10. The highest BCUT2D eigenvalue weighted by Gasteiger charge is 2.53. The Labute approximate surface area is 219 Å². The highest BCUT2D eigenvalue weighted by atomic mass is 79.9. The first-order chi connectivity index (χ1) is 17.4. The van der Waals surface area contributed by atoms with Crippen molar-refractivity contribution in [3.05, 3.63) is 100 Å². The number of carbonyl (C=O) groups is 1. The lowest BCUT2D eigenvalue weighted by molar-refractivity contribution is -0.132. The van der Waals surface area contributed by atoms with Gasteiger partial charge in [-0.3, -0.25) is 10.2 Å². The Morgan fingerprint density at radius 2 is 1.78 bits per heavy atom. The molecule has 0 fully saturated rings. The van der Waals surface area contributed by atoms with Crippen LogP contribution in [0.1, 0.15) is 29.2 Å². The van der Waals surface area contributed by atoms with Gasteiger partial charge in [0, 0.05) is 43.6 Å². The Kier molecular flexibility index (Phi) is 8.40. The smallest absolute Gasteiger partial charge is 0.266 e. The zero-order valence-electron chi connectivity index (χ0n) is 20.4. The number of ether oxygens (including phenoxy) is 2. The van der Waals surface area contributed by atoms with Crippen LogP contribution in [0, 0.1) is 0 Å². The van der Waals surface area contributed by atoms with Gasteiger partial charge in [0.15, 0.2) is 11.6 Å². The maximum atomic E-state index is 13.8. The molecule has 0 aliphatic carbocycles. The molecule has 188 valence electrons. The molecule has 4 rings (SSSR count). The van der Waals surface area contributed by atoms with Crippen molar-refractivity contribution in [1.29, 1.82) is 0 Å². The van der Waals surface area contributed by atoms with Crippen molar-refractivity contribution in [2.24, 2.45) is 4.99 Å². The SMILES string of the molecule is CN(C)NC(=O)[C@@]1(Cc2ccccc2)N=C(c2ccc(OCCCO)cc2)O[C@H]1c1ccc(Br)cc1. The summed E-state index contributed by atoms with van der Waals surface area (Å²) in [6.07, 6.45) is 0.288. The van der Waals surface area contributed by atoms with Crippen molar-refractivity contribution >= 4 is 27.7 Å². The standard InChI is InChI=1S/C28H30BrN3O4/c1-32(2)31-27(34)28(19-20-7-4-3-5-8-20)25(21-9-13-23(29)14-10-21)36-26(30-28)22-11-15-24(16-12-22)35-18-6-17-33/h3-5,7-16,25,33H,6,17-19H2,1-2H3,(H,31,34)/t25-,28-/m0/s1. The third-order valence-electron chi connectivity index (χ3n) is 5.84. The minimum atomic E-state index is -1.23. The fourth-order valence-corrected chi connectivity index (χ4v) is 4.39. The van der Waals surface area contributed by atoms with E-state index in [0.717, 1.165) is 21.2 Å². The lowest BCUT2D eigenvalue weighted by atomic mass is 9.82. The van der Waals surface area contributed by atoms with Crippen molar-refractivity contribution < 1.29 is 19.4 Å². The molecule has 1 aliphatic rings.